The van der Waals surface area contributed by atoms with E-state index in [0.717, 1.165) is 26.2 Å². The lowest BCUT2D eigenvalue weighted by Crippen LogP contribution is -2.48. The van der Waals surface area contributed by atoms with Gasteiger partial charge in [-0.3, -0.25) is 19.1 Å². The Kier molecular flexibility index (Phi) is 7.08. The van der Waals surface area contributed by atoms with Gasteiger partial charge in [0.1, 0.15) is 6.61 Å². The molecule has 0 aromatic heterocycles. The second-order valence-electron chi connectivity index (χ2n) is 4.35. The van der Waals surface area contributed by atoms with Gasteiger partial charge < -0.3 is 4.74 Å². The Hall–Kier alpha value is -0.350. The second kappa shape index (κ2) is 8.05. The fourth-order valence-electron chi connectivity index (χ4n) is 1.82. The summed E-state index contributed by atoms with van der Waals surface area (Å²) in [6.07, 6.45) is 0. The molecule has 0 aliphatic carbocycles. The van der Waals surface area contributed by atoms with Gasteiger partial charge in [-0.05, 0) is 0 Å². The van der Waals surface area contributed by atoms with Gasteiger partial charge in [0.25, 0.3) is 10.1 Å². The number of carbonyl (C=O) groups excluding carboxylic acids is 1. The Balaban J connectivity index is 2.13. The minimum atomic E-state index is -3.88. The quantitative estimate of drug-likeness (QED) is 0.353. The van der Waals surface area contributed by atoms with Crippen LogP contribution in [0.5, 0.6) is 0 Å². The van der Waals surface area contributed by atoms with Gasteiger partial charge in [0.2, 0.25) is 0 Å². The van der Waals surface area contributed by atoms with E-state index in [9.17, 15) is 13.2 Å². The molecular formula is C10H20N2O5S2. The summed E-state index contributed by atoms with van der Waals surface area (Å²) >= 11 is 3.81. The third-order valence-corrected chi connectivity index (χ3v) is 3.89. The molecule has 0 aromatic carbocycles. The van der Waals surface area contributed by atoms with Crippen LogP contribution in [-0.2, 0) is 19.6 Å². The molecule has 1 saturated heterocycles. The molecule has 0 radical (unpaired) electrons. The molecule has 1 N–H and O–H groups in total. The van der Waals surface area contributed by atoms with Crippen LogP contribution >= 0.6 is 12.6 Å². The van der Waals surface area contributed by atoms with Crippen molar-refractivity contribution in [2.45, 2.75) is 0 Å². The van der Waals surface area contributed by atoms with Crippen molar-refractivity contribution in [2.24, 2.45) is 0 Å². The predicted octanol–water partition coefficient (Wildman–Crippen LogP) is -1.04. The zero-order valence-electron chi connectivity index (χ0n) is 10.7. The zero-order chi connectivity index (χ0) is 14.3. The number of rotatable bonds is 7. The highest BCUT2D eigenvalue weighted by Crippen LogP contribution is 2.02. The summed E-state index contributed by atoms with van der Waals surface area (Å²) in [6, 6.07) is 0. The van der Waals surface area contributed by atoms with E-state index >= 15 is 0 Å². The van der Waals surface area contributed by atoms with Crippen molar-refractivity contribution in [1.82, 2.24) is 9.80 Å². The molecule has 112 valence electrons. The van der Waals surface area contributed by atoms with Crippen LogP contribution in [0.25, 0.3) is 0 Å². The Morgan fingerprint density at radius 2 is 1.68 bits per heavy atom. The lowest BCUT2D eigenvalue weighted by molar-refractivity contribution is -0.140. The molecule has 0 unspecified atom stereocenters. The van der Waals surface area contributed by atoms with Crippen LogP contribution in [0, 0.1) is 0 Å². The molecule has 1 fully saturated rings. The molecule has 0 saturated carbocycles. The summed E-state index contributed by atoms with van der Waals surface area (Å²) in [5.41, 5.74) is 0. The number of piperazine rings is 1. The van der Waals surface area contributed by atoms with Crippen LogP contribution in [-0.4, -0.2) is 86.1 Å². The molecule has 0 atom stereocenters. The molecule has 19 heavy (non-hydrogen) atoms. The Morgan fingerprint density at radius 3 is 2.16 bits per heavy atom. The van der Waals surface area contributed by atoms with Crippen molar-refractivity contribution in [3.8, 4) is 0 Å². The highest BCUT2D eigenvalue weighted by atomic mass is 32.2. The average molecular weight is 312 g/mol. The molecule has 0 spiro atoms. The number of hydrogen-bond acceptors (Lipinski definition) is 7. The lowest BCUT2D eigenvalue weighted by Gasteiger charge is -2.34. The maximum atomic E-state index is 10.9. The second-order valence-corrected chi connectivity index (χ2v) is 6.24. The van der Waals surface area contributed by atoms with Crippen molar-refractivity contribution < 1.29 is 22.5 Å². The monoisotopic (exact) mass is 312 g/mol. The summed E-state index contributed by atoms with van der Waals surface area (Å²) in [4.78, 5) is 15.0. The van der Waals surface area contributed by atoms with E-state index < -0.39 is 10.1 Å². The van der Waals surface area contributed by atoms with E-state index in [0.29, 0.717) is 19.7 Å². The molecule has 9 heteroatoms. The number of hydrogen-bond donors (Lipinski definition) is 2. The number of ether oxygens (including phenoxy) is 1. The van der Waals surface area contributed by atoms with Gasteiger partial charge >= 0.3 is 5.97 Å². The maximum absolute atomic E-state index is 10.9. The van der Waals surface area contributed by atoms with Crippen LogP contribution in [0.4, 0.5) is 0 Å². The van der Waals surface area contributed by atoms with Crippen LogP contribution in [0.15, 0.2) is 0 Å². The maximum Gasteiger partial charge on any atom is 0.315 e. The van der Waals surface area contributed by atoms with Crippen LogP contribution in [0.2, 0.25) is 0 Å². The van der Waals surface area contributed by atoms with Crippen molar-refractivity contribution in [3.05, 3.63) is 0 Å². The molecule has 0 aromatic rings. The fourth-order valence-corrected chi connectivity index (χ4v) is 2.40. The van der Waals surface area contributed by atoms with Crippen LogP contribution in [0.1, 0.15) is 0 Å². The third kappa shape index (κ3) is 7.73. The summed E-state index contributed by atoms with van der Waals surface area (Å²) in [6.45, 7) is 4.46. The van der Waals surface area contributed by atoms with Crippen molar-refractivity contribution in [3.63, 3.8) is 0 Å². The van der Waals surface area contributed by atoms with E-state index in [1.54, 1.807) is 0 Å². The number of thiol groups is 1. The van der Waals surface area contributed by atoms with Crippen LogP contribution < -0.4 is 0 Å². The predicted molar refractivity (Wildman–Crippen MR) is 74.1 cm³/mol. The van der Waals surface area contributed by atoms with Crippen molar-refractivity contribution >= 4 is 28.7 Å². The summed E-state index contributed by atoms with van der Waals surface area (Å²) in [5, 5.41) is 0. The van der Waals surface area contributed by atoms with Crippen LogP contribution in [0.3, 0.4) is 0 Å². The van der Waals surface area contributed by atoms with Gasteiger partial charge in [0.05, 0.1) is 11.5 Å². The average Bonchev–Trinajstić information content (AvgIpc) is 2.36. The smallest absolute Gasteiger partial charge is 0.315 e. The SMILES string of the molecule is O=C(CS)OCCN1CCN(CCS(=O)(=O)O)CC1. The number of nitrogens with zero attached hydrogens (tertiary/aromatic N) is 2. The lowest BCUT2D eigenvalue weighted by atomic mass is 10.3. The highest BCUT2D eigenvalue weighted by molar-refractivity contribution is 7.85. The van der Waals surface area contributed by atoms with E-state index in [2.05, 4.69) is 17.5 Å². The van der Waals surface area contributed by atoms with E-state index in [-0.39, 0.29) is 17.5 Å². The van der Waals surface area contributed by atoms with Crippen molar-refractivity contribution in [2.75, 3.05) is 57.4 Å². The van der Waals surface area contributed by atoms with Gasteiger partial charge in [-0.1, -0.05) is 0 Å². The van der Waals surface area contributed by atoms with Gasteiger partial charge in [-0.2, -0.15) is 21.0 Å². The summed E-state index contributed by atoms with van der Waals surface area (Å²) in [5.74, 6) is -0.467. The third-order valence-electron chi connectivity index (χ3n) is 2.93. The summed E-state index contributed by atoms with van der Waals surface area (Å²) in [7, 11) is -3.88. The first-order valence-electron chi connectivity index (χ1n) is 6.07. The fraction of sp³-hybridized carbons (Fsp3) is 0.900. The zero-order valence-corrected chi connectivity index (χ0v) is 12.4. The Labute approximate surface area is 119 Å². The Bertz CT molecular complexity index is 379. The highest BCUT2D eigenvalue weighted by Gasteiger charge is 2.18. The molecule has 1 aliphatic rings. The van der Waals surface area contributed by atoms with E-state index in [1.807, 2.05) is 4.90 Å². The standard InChI is InChI=1S/C10H20N2O5S2/c13-10(9-18)17-7-5-11-1-3-12(4-2-11)6-8-19(14,15)16/h18H,1-9H2,(H,14,15,16). The minimum absolute atomic E-state index is 0.0867. The van der Waals surface area contributed by atoms with E-state index in [4.69, 9.17) is 9.29 Å². The topological polar surface area (TPSA) is 87.2 Å². The van der Waals surface area contributed by atoms with Crippen molar-refractivity contribution in [1.29, 1.82) is 0 Å². The molecule has 7 nitrogen and oxygen atoms in total. The molecule has 1 heterocycles. The molecule has 0 amide bonds. The molecule has 0 bridgehead atoms. The van der Waals surface area contributed by atoms with E-state index in [1.165, 1.54) is 0 Å². The summed E-state index contributed by atoms with van der Waals surface area (Å²) < 4.78 is 34.9. The van der Waals surface area contributed by atoms with Gasteiger partial charge in [-0.25, -0.2) is 0 Å². The van der Waals surface area contributed by atoms with Gasteiger partial charge in [0.15, 0.2) is 0 Å². The first-order valence-corrected chi connectivity index (χ1v) is 8.31. The normalized spacial score (nSPS) is 18.4. The molecule has 1 aliphatic heterocycles. The molecule has 1 rings (SSSR count). The first kappa shape index (κ1) is 16.7. The largest absolute Gasteiger partial charge is 0.464 e. The number of carbonyl (C=O) groups is 1. The number of esters is 1. The van der Waals surface area contributed by atoms with Gasteiger partial charge in [-0.15, -0.1) is 0 Å². The molecular weight excluding hydrogens is 292 g/mol. The first-order chi connectivity index (χ1) is 8.90. The van der Waals surface area contributed by atoms with Gasteiger partial charge in [0, 0.05) is 39.3 Å². The Morgan fingerprint density at radius 1 is 1.16 bits per heavy atom. The minimum Gasteiger partial charge on any atom is -0.464 e.